The largest absolute Gasteiger partial charge is 0.480 e. The van der Waals surface area contributed by atoms with Crippen LogP contribution in [0.1, 0.15) is 5.56 Å². The molecule has 0 aliphatic heterocycles. The summed E-state index contributed by atoms with van der Waals surface area (Å²) in [6, 6.07) is 2.93. The fourth-order valence-electron chi connectivity index (χ4n) is 1.15. The van der Waals surface area contributed by atoms with Gasteiger partial charge in [0.05, 0.1) is 9.92 Å². The first-order valence-corrected chi connectivity index (χ1v) is 7.35. The van der Waals surface area contributed by atoms with E-state index in [9.17, 15) is 13.2 Å². The highest BCUT2D eigenvalue weighted by molar-refractivity contribution is 14.1. The van der Waals surface area contributed by atoms with Gasteiger partial charge in [0.15, 0.2) is 0 Å². The molecule has 0 unspecified atom stereocenters. The number of aryl methyl sites for hydroxylation is 1. The second-order valence-corrected chi connectivity index (χ2v) is 6.55. The van der Waals surface area contributed by atoms with E-state index in [0.717, 1.165) is 3.57 Å². The molecule has 0 saturated heterocycles. The molecule has 17 heavy (non-hydrogen) atoms. The van der Waals surface area contributed by atoms with Crippen molar-refractivity contribution in [2.45, 2.75) is 11.8 Å². The van der Waals surface area contributed by atoms with E-state index in [2.05, 4.69) is 0 Å². The summed E-state index contributed by atoms with van der Waals surface area (Å²) < 4.78 is 26.3. The zero-order valence-electron chi connectivity index (χ0n) is 8.70. The van der Waals surface area contributed by atoms with Crippen LogP contribution in [0.25, 0.3) is 0 Å². The van der Waals surface area contributed by atoms with E-state index in [1.165, 1.54) is 6.07 Å². The maximum Gasteiger partial charge on any atom is 0.318 e. The van der Waals surface area contributed by atoms with Crippen molar-refractivity contribution in [1.29, 1.82) is 0 Å². The second kappa shape index (κ2) is 5.51. The molecule has 0 bridgehead atoms. The SMILES string of the molecule is Cc1cc(I)c(Cl)cc1S(=O)(=O)NCC(=O)O. The maximum absolute atomic E-state index is 11.8. The molecule has 0 fully saturated rings. The number of carboxylic acid groups (broad SMARTS) is 1. The van der Waals surface area contributed by atoms with Gasteiger partial charge in [0.2, 0.25) is 10.0 Å². The molecule has 0 aromatic heterocycles. The lowest BCUT2D eigenvalue weighted by atomic mass is 10.2. The highest BCUT2D eigenvalue weighted by Crippen LogP contribution is 2.25. The van der Waals surface area contributed by atoms with Crippen LogP contribution in [0.2, 0.25) is 5.02 Å². The van der Waals surface area contributed by atoms with Gasteiger partial charge in [-0.3, -0.25) is 4.79 Å². The molecular weight excluding hydrogens is 381 g/mol. The predicted molar refractivity (Wildman–Crippen MR) is 71.7 cm³/mol. The van der Waals surface area contributed by atoms with E-state index in [-0.39, 0.29) is 4.90 Å². The monoisotopic (exact) mass is 389 g/mol. The van der Waals surface area contributed by atoms with Crippen LogP contribution in [0, 0.1) is 10.5 Å². The van der Waals surface area contributed by atoms with Crippen molar-refractivity contribution in [3.8, 4) is 0 Å². The average molecular weight is 390 g/mol. The third-order valence-electron chi connectivity index (χ3n) is 1.92. The zero-order valence-corrected chi connectivity index (χ0v) is 12.4. The molecule has 0 heterocycles. The standard InChI is InChI=1S/C9H9ClINO4S/c1-5-2-7(11)6(10)3-8(5)17(15,16)12-4-9(13)14/h2-3,12H,4H2,1H3,(H,13,14). The Morgan fingerprint density at radius 3 is 2.65 bits per heavy atom. The third kappa shape index (κ3) is 3.80. The smallest absolute Gasteiger partial charge is 0.318 e. The van der Waals surface area contributed by atoms with Crippen LogP contribution >= 0.6 is 34.2 Å². The van der Waals surface area contributed by atoms with E-state index in [1.54, 1.807) is 13.0 Å². The van der Waals surface area contributed by atoms with Crippen LogP contribution in [0.5, 0.6) is 0 Å². The molecule has 8 heteroatoms. The van der Waals surface area contributed by atoms with Gasteiger partial charge in [-0.15, -0.1) is 0 Å². The van der Waals surface area contributed by atoms with Crippen LogP contribution in [-0.4, -0.2) is 26.0 Å². The molecule has 0 spiro atoms. The molecule has 0 saturated carbocycles. The summed E-state index contributed by atoms with van der Waals surface area (Å²) in [5, 5.41) is 8.75. The van der Waals surface area contributed by atoms with Gasteiger partial charge >= 0.3 is 5.97 Å². The number of benzene rings is 1. The van der Waals surface area contributed by atoms with Gasteiger partial charge in [0.25, 0.3) is 0 Å². The van der Waals surface area contributed by atoms with Gasteiger partial charge in [0, 0.05) is 3.57 Å². The second-order valence-electron chi connectivity index (χ2n) is 3.25. The molecule has 0 aliphatic carbocycles. The number of carbonyl (C=O) groups is 1. The van der Waals surface area contributed by atoms with Crippen molar-refractivity contribution in [3.05, 3.63) is 26.3 Å². The number of hydrogen-bond donors (Lipinski definition) is 2. The lowest BCUT2D eigenvalue weighted by Gasteiger charge is -2.09. The number of aliphatic carboxylic acids is 1. The van der Waals surface area contributed by atoms with Gasteiger partial charge in [-0.25, -0.2) is 8.42 Å². The molecule has 94 valence electrons. The minimum absolute atomic E-state index is 0.0100. The van der Waals surface area contributed by atoms with Gasteiger partial charge < -0.3 is 5.11 Å². The average Bonchev–Trinajstić information content (AvgIpc) is 2.20. The Morgan fingerprint density at radius 1 is 1.53 bits per heavy atom. The minimum Gasteiger partial charge on any atom is -0.480 e. The first-order chi connectivity index (χ1) is 7.74. The van der Waals surface area contributed by atoms with E-state index >= 15 is 0 Å². The number of carboxylic acids is 1. The summed E-state index contributed by atoms with van der Waals surface area (Å²) in [5.74, 6) is -1.25. The topological polar surface area (TPSA) is 83.5 Å². The van der Waals surface area contributed by atoms with Crippen molar-refractivity contribution in [1.82, 2.24) is 4.72 Å². The van der Waals surface area contributed by atoms with Crippen LogP contribution < -0.4 is 4.72 Å². The summed E-state index contributed by atoms with van der Waals surface area (Å²) in [6.07, 6.45) is 0. The van der Waals surface area contributed by atoms with Crippen molar-refractivity contribution < 1.29 is 18.3 Å². The van der Waals surface area contributed by atoms with Crippen molar-refractivity contribution in [2.24, 2.45) is 0 Å². The fourth-order valence-corrected chi connectivity index (χ4v) is 3.23. The minimum atomic E-state index is -3.84. The van der Waals surface area contributed by atoms with E-state index < -0.39 is 22.5 Å². The molecule has 0 aliphatic rings. The fraction of sp³-hybridized carbons (Fsp3) is 0.222. The van der Waals surface area contributed by atoms with Crippen LogP contribution in [-0.2, 0) is 14.8 Å². The molecule has 5 nitrogen and oxygen atoms in total. The maximum atomic E-state index is 11.8. The number of sulfonamides is 1. The molecule has 2 N–H and O–H groups in total. The summed E-state index contributed by atoms with van der Waals surface area (Å²) in [5.41, 5.74) is 0.511. The summed E-state index contributed by atoms with van der Waals surface area (Å²) in [7, 11) is -3.84. The van der Waals surface area contributed by atoms with Gasteiger partial charge in [-0.1, -0.05) is 11.6 Å². The molecule has 1 aromatic rings. The zero-order chi connectivity index (χ0) is 13.2. The highest BCUT2D eigenvalue weighted by Gasteiger charge is 2.19. The lowest BCUT2D eigenvalue weighted by Crippen LogP contribution is -2.29. The number of halogens is 2. The van der Waals surface area contributed by atoms with Crippen LogP contribution in [0.4, 0.5) is 0 Å². The lowest BCUT2D eigenvalue weighted by molar-refractivity contribution is -0.135. The Balaban J connectivity index is 3.15. The number of nitrogens with one attached hydrogen (secondary N) is 1. The Labute approximate surface area is 117 Å². The Morgan fingerprint density at radius 2 is 2.12 bits per heavy atom. The van der Waals surface area contributed by atoms with E-state index in [0.29, 0.717) is 10.6 Å². The quantitative estimate of drug-likeness (QED) is 0.767. The number of rotatable bonds is 4. The van der Waals surface area contributed by atoms with Gasteiger partial charge in [-0.05, 0) is 47.2 Å². The van der Waals surface area contributed by atoms with Crippen LogP contribution in [0.3, 0.4) is 0 Å². The normalized spacial score (nSPS) is 11.5. The summed E-state index contributed by atoms with van der Waals surface area (Å²) in [4.78, 5) is 10.3. The van der Waals surface area contributed by atoms with E-state index in [4.69, 9.17) is 16.7 Å². The summed E-state index contributed by atoms with van der Waals surface area (Å²) >= 11 is 7.82. The molecule has 0 radical (unpaired) electrons. The molecule has 0 atom stereocenters. The molecule has 1 rings (SSSR count). The predicted octanol–water partition coefficient (Wildman–Crippen LogP) is 1.62. The third-order valence-corrected chi connectivity index (χ3v) is 4.99. The Bertz CT molecular complexity index is 558. The van der Waals surface area contributed by atoms with Gasteiger partial charge in [0.1, 0.15) is 6.54 Å². The van der Waals surface area contributed by atoms with Gasteiger partial charge in [-0.2, -0.15) is 4.72 Å². The molecule has 1 aromatic carbocycles. The van der Waals surface area contributed by atoms with Crippen LogP contribution in [0.15, 0.2) is 17.0 Å². The van der Waals surface area contributed by atoms with Crippen molar-refractivity contribution in [2.75, 3.05) is 6.54 Å². The first kappa shape index (κ1) is 14.7. The van der Waals surface area contributed by atoms with E-state index in [1.807, 2.05) is 27.3 Å². The van der Waals surface area contributed by atoms with Crippen molar-refractivity contribution in [3.63, 3.8) is 0 Å². The molecular formula is C9H9ClINO4S. The number of hydrogen-bond acceptors (Lipinski definition) is 3. The molecule has 0 amide bonds. The first-order valence-electron chi connectivity index (χ1n) is 4.41. The Hall–Kier alpha value is -0.380. The highest BCUT2D eigenvalue weighted by atomic mass is 127. The van der Waals surface area contributed by atoms with Crippen molar-refractivity contribution >= 4 is 50.2 Å². The summed E-state index contributed by atoms with van der Waals surface area (Å²) in [6.45, 7) is 0.958. The Kier molecular flexibility index (Phi) is 4.76.